The Morgan fingerprint density at radius 3 is 2.67 bits per heavy atom. The molecule has 0 aliphatic rings. The summed E-state index contributed by atoms with van der Waals surface area (Å²) in [6.45, 7) is 6.27. The summed E-state index contributed by atoms with van der Waals surface area (Å²) in [5, 5.41) is 6.62. The van der Waals surface area contributed by atoms with Gasteiger partial charge in [0, 0.05) is 5.56 Å². The van der Waals surface area contributed by atoms with Crippen molar-refractivity contribution >= 4 is 49.9 Å². The van der Waals surface area contributed by atoms with Crippen LogP contribution in [0.3, 0.4) is 0 Å². The molecule has 1 aromatic heterocycles. The fourth-order valence-corrected chi connectivity index (χ4v) is 4.05. The largest absolute Gasteiger partial charge is 0.491 e. The van der Waals surface area contributed by atoms with Gasteiger partial charge >= 0.3 is 0 Å². The zero-order valence-electron chi connectivity index (χ0n) is 17.5. The summed E-state index contributed by atoms with van der Waals surface area (Å²) in [5.41, 5.74) is 2.76. The van der Waals surface area contributed by atoms with Crippen molar-refractivity contribution in [2.75, 3.05) is 5.32 Å². The molecule has 2 N–H and O–H groups in total. The summed E-state index contributed by atoms with van der Waals surface area (Å²) in [6, 6.07) is 13.4. The zero-order valence-corrected chi connectivity index (χ0v) is 19.2. The summed E-state index contributed by atoms with van der Waals surface area (Å²) in [4.78, 5) is 17.0. The third-order valence-electron chi connectivity index (χ3n) is 4.75. The number of aryl methyl sites for hydroxylation is 1. The molecule has 7 heteroatoms. The van der Waals surface area contributed by atoms with Gasteiger partial charge in [-0.05, 0) is 80.4 Å². The summed E-state index contributed by atoms with van der Waals surface area (Å²) in [5.74, 6) is 0.472. The molecule has 1 amide bonds. The van der Waals surface area contributed by atoms with Crippen molar-refractivity contribution in [1.82, 2.24) is 10.3 Å². The Labute approximate surface area is 186 Å². The lowest BCUT2D eigenvalue weighted by atomic mass is 10.1. The summed E-state index contributed by atoms with van der Waals surface area (Å²) in [7, 11) is 0. The number of unbranched alkanes of at least 4 members (excludes halogenated alkanes) is 1. The fraction of sp³-hybridized carbons (Fsp3) is 0.348. The molecule has 0 saturated heterocycles. The van der Waals surface area contributed by atoms with Crippen molar-refractivity contribution in [2.45, 2.75) is 52.6 Å². The molecule has 0 bridgehead atoms. The van der Waals surface area contributed by atoms with E-state index >= 15 is 0 Å². The van der Waals surface area contributed by atoms with Gasteiger partial charge in [0.25, 0.3) is 5.91 Å². The Kier molecular flexibility index (Phi) is 7.76. The Bertz CT molecular complexity index is 1010. The zero-order chi connectivity index (χ0) is 21.5. The smallest absolute Gasteiger partial charge is 0.257 e. The highest BCUT2D eigenvalue weighted by Crippen LogP contribution is 2.27. The van der Waals surface area contributed by atoms with E-state index in [0.717, 1.165) is 28.8 Å². The van der Waals surface area contributed by atoms with Gasteiger partial charge < -0.3 is 10.1 Å². The number of fused-ring (bicyclic) bond motifs is 1. The molecule has 0 spiro atoms. The molecule has 0 radical (unpaired) electrons. The number of aromatic nitrogens is 1. The Morgan fingerprint density at radius 2 is 1.97 bits per heavy atom. The second-order valence-corrected chi connectivity index (χ2v) is 8.63. The average Bonchev–Trinajstić information content (AvgIpc) is 3.13. The second-order valence-electron chi connectivity index (χ2n) is 7.19. The number of anilines is 1. The molecule has 5 nitrogen and oxygen atoms in total. The summed E-state index contributed by atoms with van der Waals surface area (Å²) in [6.07, 6.45) is 4.49. The first-order chi connectivity index (χ1) is 14.5. The van der Waals surface area contributed by atoms with Crippen LogP contribution >= 0.6 is 23.6 Å². The van der Waals surface area contributed by atoms with Crippen LogP contribution in [0.4, 0.5) is 5.13 Å². The van der Waals surface area contributed by atoms with Crippen molar-refractivity contribution in [3.05, 3.63) is 53.6 Å². The fourth-order valence-electron chi connectivity index (χ4n) is 2.86. The molecule has 0 saturated carbocycles. The number of nitrogens with one attached hydrogen (secondary N) is 2. The van der Waals surface area contributed by atoms with Crippen molar-refractivity contribution in [2.24, 2.45) is 0 Å². The predicted molar refractivity (Wildman–Crippen MR) is 129 cm³/mol. The van der Waals surface area contributed by atoms with Crippen molar-refractivity contribution in [3.8, 4) is 5.75 Å². The Hall–Kier alpha value is -2.51. The van der Waals surface area contributed by atoms with Gasteiger partial charge in [-0.15, -0.1) is 0 Å². The van der Waals surface area contributed by atoms with Gasteiger partial charge in [-0.1, -0.05) is 37.7 Å². The maximum Gasteiger partial charge on any atom is 0.257 e. The lowest BCUT2D eigenvalue weighted by molar-refractivity contribution is 0.0977. The molecule has 158 valence electrons. The lowest BCUT2D eigenvalue weighted by Gasteiger charge is -2.13. The van der Waals surface area contributed by atoms with Crippen LogP contribution in [0.25, 0.3) is 10.2 Å². The number of hydrogen-bond acceptors (Lipinski definition) is 5. The number of hydrogen-bond donors (Lipinski definition) is 2. The van der Waals surface area contributed by atoms with Gasteiger partial charge in [-0.2, -0.15) is 0 Å². The van der Waals surface area contributed by atoms with E-state index in [1.807, 2.05) is 13.0 Å². The molecular weight excluding hydrogens is 414 g/mol. The Morgan fingerprint density at radius 1 is 1.20 bits per heavy atom. The van der Waals surface area contributed by atoms with Crippen molar-refractivity contribution in [1.29, 1.82) is 0 Å². The monoisotopic (exact) mass is 441 g/mol. The number of carbonyl (C=O) groups is 1. The van der Waals surface area contributed by atoms with Crippen LogP contribution in [0.2, 0.25) is 0 Å². The van der Waals surface area contributed by atoms with E-state index in [0.29, 0.717) is 10.7 Å². The minimum absolute atomic E-state index is 0.137. The van der Waals surface area contributed by atoms with Gasteiger partial charge in [0.2, 0.25) is 0 Å². The minimum Gasteiger partial charge on any atom is -0.491 e. The van der Waals surface area contributed by atoms with Crippen LogP contribution < -0.4 is 15.4 Å². The molecule has 3 aromatic rings. The molecule has 0 unspecified atom stereocenters. The number of ether oxygens (including phenoxy) is 1. The van der Waals surface area contributed by atoms with Crippen LogP contribution in [-0.4, -0.2) is 22.1 Å². The first kappa shape index (κ1) is 22.2. The predicted octanol–water partition coefficient (Wildman–Crippen LogP) is 5.94. The number of rotatable bonds is 8. The maximum atomic E-state index is 12.5. The van der Waals surface area contributed by atoms with E-state index in [9.17, 15) is 4.79 Å². The number of nitrogens with zero attached hydrogens (tertiary/aromatic N) is 1. The van der Waals surface area contributed by atoms with Crippen LogP contribution in [-0.2, 0) is 6.42 Å². The summed E-state index contributed by atoms with van der Waals surface area (Å²) >= 11 is 6.83. The molecule has 0 aliphatic heterocycles. The van der Waals surface area contributed by atoms with Crippen molar-refractivity contribution in [3.63, 3.8) is 0 Å². The average molecular weight is 442 g/mol. The highest BCUT2D eigenvalue weighted by molar-refractivity contribution is 7.80. The highest BCUT2D eigenvalue weighted by atomic mass is 32.1. The first-order valence-corrected chi connectivity index (χ1v) is 11.5. The maximum absolute atomic E-state index is 12.5. The van der Waals surface area contributed by atoms with Gasteiger partial charge in [0.1, 0.15) is 5.75 Å². The standard InChI is InChI=1S/C23H27N3O2S2/c1-4-6-7-16-8-13-19-20(14-16)30-23(24-19)26-22(29)25-21(27)17-9-11-18(12-10-17)28-15(3)5-2/h8-15H,4-7H2,1-3H3,(H2,24,25,26,27,29)/t15-/m1/s1. The third kappa shape index (κ3) is 6.00. The van der Waals surface area contributed by atoms with Crippen LogP contribution in [0.1, 0.15) is 56.0 Å². The number of thiazole rings is 1. The van der Waals surface area contributed by atoms with E-state index in [1.54, 1.807) is 24.3 Å². The van der Waals surface area contributed by atoms with Gasteiger partial charge in [0.15, 0.2) is 10.2 Å². The molecular formula is C23H27N3O2S2. The van der Waals surface area contributed by atoms with E-state index in [-0.39, 0.29) is 17.1 Å². The van der Waals surface area contributed by atoms with Crippen LogP contribution in [0.5, 0.6) is 5.75 Å². The number of amides is 1. The van der Waals surface area contributed by atoms with E-state index < -0.39 is 0 Å². The third-order valence-corrected chi connectivity index (χ3v) is 5.89. The summed E-state index contributed by atoms with van der Waals surface area (Å²) < 4.78 is 6.85. The molecule has 2 aromatic carbocycles. The molecule has 1 atom stereocenters. The van der Waals surface area contributed by atoms with Crippen LogP contribution in [0, 0.1) is 0 Å². The quantitative estimate of drug-likeness (QED) is 0.423. The molecule has 1 heterocycles. The normalized spacial score (nSPS) is 11.8. The number of benzene rings is 2. The van der Waals surface area contributed by atoms with E-state index in [4.69, 9.17) is 17.0 Å². The SMILES string of the molecule is CCCCc1ccc2nc(NC(=S)NC(=O)c3ccc(O[C@H](C)CC)cc3)sc2c1. The molecule has 0 aliphatic carbocycles. The van der Waals surface area contributed by atoms with Crippen LogP contribution in [0.15, 0.2) is 42.5 Å². The molecule has 0 fully saturated rings. The molecule has 30 heavy (non-hydrogen) atoms. The highest BCUT2D eigenvalue weighted by Gasteiger charge is 2.11. The number of thiocarbonyl (C=S) groups is 1. The lowest BCUT2D eigenvalue weighted by Crippen LogP contribution is -2.34. The molecule has 3 rings (SSSR count). The second kappa shape index (κ2) is 10.5. The van der Waals surface area contributed by atoms with Gasteiger partial charge in [-0.25, -0.2) is 4.98 Å². The van der Waals surface area contributed by atoms with Gasteiger partial charge in [-0.3, -0.25) is 10.1 Å². The first-order valence-electron chi connectivity index (χ1n) is 10.3. The van der Waals surface area contributed by atoms with E-state index in [2.05, 4.69) is 41.6 Å². The van der Waals surface area contributed by atoms with E-state index in [1.165, 1.54) is 29.7 Å². The van der Waals surface area contributed by atoms with Crippen molar-refractivity contribution < 1.29 is 9.53 Å². The topological polar surface area (TPSA) is 63.2 Å². The number of carbonyl (C=O) groups excluding carboxylic acids is 1. The minimum atomic E-state index is -0.273. The van der Waals surface area contributed by atoms with Gasteiger partial charge in [0.05, 0.1) is 16.3 Å². The Balaban J connectivity index is 1.58.